The molecule has 1 fully saturated rings. The van der Waals surface area contributed by atoms with Gasteiger partial charge >= 0.3 is 5.97 Å². The van der Waals surface area contributed by atoms with Crippen LogP contribution in [0.3, 0.4) is 0 Å². The Morgan fingerprint density at radius 1 is 1.19 bits per heavy atom. The maximum Gasteiger partial charge on any atom is 0.306 e. The van der Waals surface area contributed by atoms with Gasteiger partial charge in [0.2, 0.25) is 5.91 Å². The molecule has 0 atom stereocenters. The number of aromatic nitrogens is 1. The number of hydrogen-bond donors (Lipinski definition) is 1. The van der Waals surface area contributed by atoms with Gasteiger partial charge in [-0.15, -0.1) is 11.3 Å². The summed E-state index contributed by atoms with van der Waals surface area (Å²) in [4.78, 5) is 28.5. The molecule has 144 valence electrons. The predicted molar refractivity (Wildman–Crippen MR) is 107 cm³/mol. The molecule has 0 aliphatic heterocycles. The summed E-state index contributed by atoms with van der Waals surface area (Å²) in [7, 11) is 0. The zero-order valence-electron chi connectivity index (χ0n) is 15.7. The fourth-order valence-electron chi connectivity index (χ4n) is 3.32. The third-order valence-corrected chi connectivity index (χ3v) is 5.71. The highest BCUT2D eigenvalue weighted by atomic mass is 32.1. The SMILES string of the molecule is Cc1ccc(NC(=O)Cc2nc(COC(=O)CC3CCCCC3)cs2)cc1. The van der Waals surface area contributed by atoms with Crippen LogP contribution >= 0.6 is 11.3 Å². The number of carbonyl (C=O) groups is 2. The Kier molecular flexibility index (Phi) is 6.98. The van der Waals surface area contributed by atoms with Gasteiger partial charge in [0.15, 0.2) is 0 Å². The topological polar surface area (TPSA) is 68.3 Å². The highest BCUT2D eigenvalue weighted by Gasteiger charge is 2.18. The highest BCUT2D eigenvalue weighted by Crippen LogP contribution is 2.26. The number of anilines is 1. The van der Waals surface area contributed by atoms with Gasteiger partial charge in [0, 0.05) is 17.5 Å². The van der Waals surface area contributed by atoms with E-state index in [0.717, 1.165) is 29.1 Å². The standard InChI is InChI=1S/C21H26N2O3S/c1-15-7-9-17(10-8-15)22-19(24)12-20-23-18(14-27-20)13-26-21(25)11-16-5-3-2-4-6-16/h7-10,14,16H,2-6,11-13H2,1H3,(H,22,24). The molecule has 27 heavy (non-hydrogen) atoms. The Hall–Kier alpha value is -2.21. The van der Waals surface area contributed by atoms with Crippen molar-refractivity contribution in [1.82, 2.24) is 4.98 Å². The monoisotopic (exact) mass is 386 g/mol. The van der Waals surface area contributed by atoms with Gasteiger partial charge in [0.05, 0.1) is 12.1 Å². The second-order valence-electron chi connectivity index (χ2n) is 7.19. The van der Waals surface area contributed by atoms with E-state index in [1.54, 1.807) is 0 Å². The molecule has 5 nitrogen and oxygen atoms in total. The number of nitrogens with zero attached hydrogens (tertiary/aromatic N) is 1. The van der Waals surface area contributed by atoms with Gasteiger partial charge in [0.25, 0.3) is 0 Å². The van der Waals surface area contributed by atoms with Crippen LogP contribution in [-0.4, -0.2) is 16.9 Å². The molecule has 1 aromatic carbocycles. The van der Waals surface area contributed by atoms with E-state index >= 15 is 0 Å². The van der Waals surface area contributed by atoms with Crippen molar-refractivity contribution in [2.24, 2.45) is 5.92 Å². The molecule has 6 heteroatoms. The Labute approximate surface area is 164 Å². The van der Waals surface area contributed by atoms with E-state index in [1.165, 1.54) is 30.6 Å². The van der Waals surface area contributed by atoms with Crippen LogP contribution in [0.15, 0.2) is 29.6 Å². The van der Waals surface area contributed by atoms with E-state index in [2.05, 4.69) is 10.3 Å². The maximum absolute atomic E-state index is 12.1. The summed E-state index contributed by atoms with van der Waals surface area (Å²) < 4.78 is 5.36. The van der Waals surface area contributed by atoms with Gasteiger partial charge < -0.3 is 10.1 Å². The number of ether oxygens (including phenoxy) is 1. The molecule has 1 saturated carbocycles. The van der Waals surface area contributed by atoms with Crippen LogP contribution in [0.5, 0.6) is 0 Å². The van der Waals surface area contributed by atoms with Crippen LogP contribution in [-0.2, 0) is 27.4 Å². The number of aryl methyl sites for hydroxylation is 1. The average Bonchev–Trinajstić information content (AvgIpc) is 3.10. The van der Waals surface area contributed by atoms with E-state index in [4.69, 9.17) is 4.74 Å². The Morgan fingerprint density at radius 3 is 2.67 bits per heavy atom. The number of amides is 1. The second kappa shape index (κ2) is 9.65. The molecule has 1 aliphatic rings. The van der Waals surface area contributed by atoms with Crippen LogP contribution in [0.4, 0.5) is 5.69 Å². The van der Waals surface area contributed by atoms with E-state index < -0.39 is 0 Å². The van der Waals surface area contributed by atoms with Gasteiger partial charge in [-0.3, -0.25) is 9.59 Å². The van der Waals surface area contributed by atoms with Crippen molar-refractivity contribution >= 4 is 28.9 Å². The molecule has 1 heterocycles. The first-order valence-electron chi connectivity index (χ1n) is 9.54. The number of nitrogens with one attached hydrogen (secondary N) is 1. The molecule has 0 saturated heterocycles. The number of benzene rings is 1. The molecule has 1 N–H and O–H groups in total. The zero-order valence-corrected chi connectivity index (χ0v) is 16.5. The minimum Gasteiger partial charge on any atom is -0.459 e. The number of hydrogen-bond acceptors (Lipinski definition) is 5. The average molecular weight is 387 g/mol. The first-order chi connectivity index (χ1) is 13.1. The van der Waals surface area contributed by atoms with Gasteiger partial charge in [-0.25, -0.2) is 4.98 Å². The first kappa shape index (κ1) is 19.5. The van der Waals surface area contributed by atoms with Crippen molar-refractivity contribution in [2.75, 3.05) is 5.32 Å². The summed E-state index contributed by atoms with van der Waals surface area (Å²) in [6.45, 7) is 2.19. The fourth-order valence-corrected chi connectivity index (χ4v) is 4.09. The molecular formula is C21H26N2O3S. The summed E-state index contributed by atoms with van der Waals surface area (Å²) in [5.41, 5.74) is 2.63. The van der Waals surface area contributed by atoms with Crippen molar-refractivity contribution in [2.45, 2.75) is 58.5 Å². The Bertz CT molecular complexity index is 764. The van der Waals surface area contributed by atoms with E-state index in [-0.39, 0.29) is 24.9 Å². The van der Waals surface area contributed by atoms with Crippen molar-refractivity contribution in [3.63, 3.8) is 0 Å². The third-order valence-electron chi connectivity index (χ3n) is 4.81. The lowest BCUT2D eigenvalue weighted by Gasteiger charge is -2.20. The number of carbonyl (C=O) groups excluding carboxylic acids is 2. The van der Waals surface area contributed by atoms with Gasteiger partial charge in [-0.05, 0) is 37.8 Å². The third kappa shape index (κ3) is 6.47. The van der Waals surface area contributed by atoms with E-state index in [9.17, 15) is 9.59 Å². The summed E-state index contributed by atoms with van der Waals surface area (Å²) in [5, 5.41) is 5.43. The van der Waals surface area contributed by atoms with Crippen LogP contribution in [0, 0.1) is 12.8 Å². The summed E-state index contributed by atoms with van der Waals surface area (Å²) in [6, 6.07) is 7.68. The molecular weight excluding hydrogens is 360 g/mol. The summed E-state index contributed by atoms with van der Waals surface area (Å²) in [6.07, 6.45) is 6.71. The van der Waals surface area contributed by atoms with Crippen LogP contribution in [0.1, 0.15) is 54.8 Å². The number of esters is 1. The number of thiazole rings is 1. The summed E-state index contributed by atoms with van der Waals surface area (Å²) in [5.74, 6) is 0.227. The van der Waals surface area contributed by atoms with Crippen molar-refractivity contribution in [1.29, 1.82) is 0 Å². The molecule has 0 unspecified atom stereocenters. The molecule has 3 rings (SSSR count). The van der Waals surface area contributed by atoms with Crippen LogP contribution < -0.4 is 5.32 Å². The lowest BCUT2D eigenvalue weighted by atomic mass is 9.87. The van der Waals surface area contributed by atoms with E-state index in [0.29, 0.717) is 18.0 Å². The van der Waals surface area contributed by atoms with Crippen LogP contribution in [0.25, 0.3) is 0 Å². The largest absolute Gasteiger partial charge is 0.459 e. The lowest BCUT2D eigenvalue weighted by molar-refractivity contribution is -0.146. The molecule has 0 radical (unpaired) electrons. The smallest absolute Gasteiger partial charge is 0.306 e. The molecule has 1 aromatic heterocycles. The lowest BCUT2D eigenvalue weighted by Crippen LogP contribution is -2.15. The summed E-state index contributed by atoms with van der Waals surface area (Å²) >= 11 is 1.41. The van der Waals surface area contributed by atoms with Crippen molar-refractivity contribution in [3.05, 3.63) is 45.9 Å². The quantitative estimate of drug-likeness (QED) is 0.704. The van der Waals surface area contributed by atoms with Crippen molar-refractivity contribution < 1.29 is 14.3 Å². The number of rotatable bonds is 7. The first-order valence-corrected chi connectivity index (χ1v) is 10.4. The maximum atomic E-state index is 12.1. The van der Waals surface area contributed by atoms with Crippen LogP contribution in [0.2, 0.25) is 0 Å². The minimum absolute atomic E-state index is 0.103. The minimum atomic E-state index is -0.145. The molecule has 1 amide bonds. The van der Waals surface area contributed by atoms with Gasteiger partial charge in [-0.1, -0.05) is 37.0 Å². The molecule has 2 aromatic rings. The fraction of sp³-hybridized carbons (Fsp3) is 0.476. The van der Waals surface area contributed by atoms with E-state index in [1.807, 2.05) is 36.6 Å². The Morgan fingerprint density at radius 2 is 1.93 bits per heavy atom. The van der Waals surface area contributed by atoms with Gasteiger partial charge in [0.1, 0.15) is 11.6 Å². The zero-order chi connectivity index (χ0) is 19.1. The molecule has 0 spiro atoms. The highest BCUT2D eigenvalue weighted by molar-refractivity contribution is 7.09. The predicted octanol–water partition coefficient (Wildman–Crippen LogP) is 4.65. The normalized spacial score (nSPS) is 14.7. The van der Waals surface area contributed by atoms with Crippen molar-refractivity contribution in [3.8, 4) is 0 Å². The Balaban J connectivity index is 1.41. The van der Waals surface area contributed by atoms with Gasteiger partial charge in [-0.2, -0.15) is 0 Å². The molecule has 1 aliphatic carbocycles. The second-order valence-corrected chi connectivity index (χ2v) is 8.14. The molecule has 0 bridgehead atoms.